The lowest BCUT2D eigenvalue weighted by atomic mass is 10.1. The van der Waals surface area contributed by atoms with Crippen LogP contribution in [0.3, 0.4) is 0 Å². The first-order valence-corrected chi connectivity index (χ1v) is 9.97. The lowest BCUT2D eigenvalue weighted by molar-refractivity contribution is -0.122. The Kier molecular flexibility index (Phi) is 5.40. The van der Waals surface area contributed by atoms with Crippen LogP contribution in [0.2, 0.25) is 5.02 Å². The minimum absolute atomic E-state index is 0.143. The highest BCUT2D eigenvalue weighted by Gasteiger charge is 2.26. The van der Waals surface area contributed by atoms with Gasteiger partial charge in [-0.15, -0.1) is 0 Å². The van der Waals surface area contributed by atoms with Crippen molar-refractivity contribution in [2.24, 2.45) is 7.05 Å². The van der Waals surface area contributed by atoms with Crippen molar-refractivity contribution < 1.29 is 9.59 Å². The van der Waals surface area contributed by atoms with Crippen LogP contribution in [0.1, 0.15) is 29.8 Å². The smallest absolute Gasteiger partial charge is 0.270 e. The Morgan fingerprint density at radius 2 is 2.03 bits per heavy atom. The minimum Gasteiger partial charge on any atom is -0.354 e. The number of hydrogen-bond acceptors (Lipinski definition) is 3. The van der Waals surface area contributed by atoms with Crippen molar-refractivity contribution in [3.63, 3.8) is 0 Å². The molecule has 0 aliphatic carbocycles. The Morgan fingerprint density at radius 3 is 2.76 bits per heavy atom. The molecule has 3 aromatic rings. The van der Waals surface area contributed by atoms with Crippen molar-refractivity contribution in [3.8, 4) is 17.1 Å². The lowest BCUT2D eigenvalue weighted by Gasteiger charge is -2.15. The fourth-order valence-electron chi connectivity index (χ4n) is 3.48. The molecule has 0 saturated carbocycles. The van der Waals surface area contributed by atoms with Crippen molar-refractivity contribution >= 4 is 23.4 Å². The normalized spacial score (nSPS) is 16.9. The summed E-state index contributed by atoms with van der Waals surface area (Å²) < 4.78 is 3.53. The van der Waals surface area contributed by atoms with Gasteiger partial charge in [0.25, 0.3) is 5.91 Å². The van der Waals surface area contributed by atoms with Crippen molar-refractivity contribution in [1.29, 1.82) is 0 Å². The number of nitrogens with zero attached hydrogens (tertiary/aromatic N) is 3. The molecule has 150 valence electrons. The second kappa shape index (κ2) is 8.13. The Labute approximate surface area is 173 Å². The number of carbonyl (C=O) groups excluding carboxylic acids is 2. The van der Waals surface area contributed by atoms with E-state index >= 15 is 0 Å². The first-order chi connectivity index (χ1) is 14.0. The summed E-state index contributed by atoms with van der Waals surface area (Å²) in [5, 5.41) is 11.0. The third-order valence-corrected chi connectivity index (χ3v) is 5.31. The summed E-state index contributed by atoms with van der Waals surface area (Å²) in [4.78, 5) is 25.4. The molecule has 2 N–H and O–H groups in total. The van der Waals surface area contributed by atoms with Crippen LogP contribution in [-0.4, -0.2) is 38.7 Å². The maximum Gasteiger partial charge on any atom is 0.270 e. The second-order valence-electron chi connectivity index (χ2n) is 7.12. The number of benzene rings is 1. The van der Waals surface area contributed by atoms with Crippen LogP contribution in [0.15, 0.2) is 48.7 Å². The van der Waals surface area contributed by atoms with E-state index in [2.05, 4.69) is 15.7 Å². The summed E-state index contributed by atoms with van der Waals surface area (Å²) in [6.45, 7) is 0.644. The van der Waals surface area contributed by atoms with Crippen molar-refractivity contribution in [3.05, 3.63) is 59.4 Å². The molecule has 2 amide bonds. The van der Waals surface area contributed by atoms with Crippen LogP contribution >= 0.6 is 11.6 Å². The maximum absolute atomic E-state index is 13.1. The molecule has 1 aromatic carbocycles. The largest absolute Gasteiger partial charge is 0.354 e. The number of hydrogen-bond donors (Lipinski definition) is 2. The van der Waals surface area contributed by atoms with Crippen LogP contribution in [0, 0.1) is 0 Å². The van der Waals surface area contributed by atoms with Gasteiger partial charge in [-0.25, -0.2) is 4.68 Å². The molecule has 1 aliphatic heterocycles. The third kappa shape index (κ3) is 4.05. The Morgan fingerprint density at radius 1 is 1.24 bits per heavy atom. The third-order valence-electron chi connectivity index (χ3n) is 5.06. The van der Waals surface area contributed by atoms with Crippen LogP contribution in [0.5, 0.6) is 0 Å². The van der Waals surface area contributed by atoms with Gasteiger partial charge in [0.05, 0.1) is 11.4 Å². The van der Waals surface area contributed by atoms with E-state index in [1.165, 1.54) is 0 Å². The molecule has 1 fully saturated rings. The molecule has 2 aromatic heterocycles. The standard InChI is InChI=1S/C21H22ClN5O2/c1-26-12-4-6-18(26)17-13-19(27(25-17)15-9-7-14(22)8-10-15)21(29)24-16-5-2-3-11-23-20(16)28/h4,6-10,12-13,16H,2-3,5,11H2,1H3,(H,23,28)(H,24,29)/t16-/m0/s1. The Hall–Kier alpha value is -3.06. The molecule has 0 bridgehead atoms. The van der Waals surface area contributed by atoms with Gasteiger partial charge in [-0.3, -0.25) is 9.59 Å². The number of carbonyl (C=O) groups is 2. The molecule has 7 nitrogen and oxygen atoms in total. The molecule has 8 heteroatoms. The van der Waals surface area contributed by atoms with E-state index in [-0.39, 0.29) is 11.8 Å². The molecule has 1 atom stereocenters. The predicted molar refractivity (Wildman–Crippen MR) is 111 cm³/mol. The highest BCUT2D eigenvalue weighted by molar-refractivity contribution is 6.30. The topological polar surface area (TPSA) is 81.0 Å². The second-order valence-corrected chi connectivity index (χ2v) is 7.56. The molecule has 0 radical (unpaired) electrons. The quantitative estimate of drug-likeness (QED) is 0.692. The Balaban J connectivity index is 1.71. The molecule has 0 unspecified atom stereocenters. The average molecular weight is 412 g/mol. The van der Waals surface area contributed by atoms with E-state index < -0.39 is 6.04 Å². The zero-order valence-electron chi connectivity index (χ0n) is 16.1. The van der Waals surface area contributed by atoms with Gasteiger partial charge in [0, 0.05) is 24.8 Å². The van der Waals surface area contributed by atoms with E-state index in [0.717, 1.165) is 18.5 Å². The van der Waals surface area contributed by atoms with E-state index in [4.69, 9.17) is 11.6 Å². The SMILES string of the molecule is Cn1cccc1-c1cc(C(=O)N[C@H]2CCCCNC2=O)n(-c2ccc(Cl)cc2)n1. The van der Waals surface area contributed by atoms with Gasteiger partial charge in [-0.1, -0.05) is 11.6 Å². The number of nitrogens with one attached hydrogen (secondary N) is 2. The van der Waals surface area contributed by atoms with E-state index in [1.807, 2.05) is 29.9 Å². The summed E-state index contributed by atoms with van der Waals surface area (Å²) >= 11 is 6.01. The number of rotatable bonds is 4. The Bertz CT molecular complexity index is 1040. The van der Waals surface area contributed by atoms with Crippen LogP contribution in [-0.2, 0) is 11.8 Å². The number of aryl methyl sites for hydroxylation is 1. The highest BCUT2D eigenvalue weighted by Crippen LogP contribution is 2.23. The molecule has 4 rings (SSSR count). The summed E-state index contributed by atoms with van der Waals surface area (Å²) in [6, 6.07) is 12.2. The van der Waals surface area contributed by atoms with Gasteiger partial charge in [0.15, 0.2) is 0 Å². The van der Waals surface area contributed by atoms with Crippen molar-refractivity contribution in [1.82, 2.24) is 25.0 Å². The predicted octanol–water partition coefficient (Wildman–Crippen LogP) is 2.93. The summed E-state index contributed by atoms with van der Waals surface area (Å²) in [5.74, 6) is -0.481. The van der Waals surface area contributed by atoms with Crippen LogP contribution < -0.4 is 10.6 Å². The zero-order chi connectivity index (χ0) is 20.4. The summed E-state index contributed by atoms with van der Waals surface area (Å²) in [7, 11) is 1.92. The molecular formula is C21H22ClN5O2. The highest BCUT2D eigenvalue weighted by atomic mass is 35.5. The number of halogens is 1. The van der Waals surface area contributed by atoms with Crippen molar-refractivity contribution in [2.75, 3.05) is 6.54 Å². The molecule has 1 saturated heterocycles. The lowest BCUT2D eigenvalue weighted by Crippen LogP contribution is -2.45. The van der Waals surface area contributed by atoms with Gasteiger partial charge in [0.1, 0.15) is 17.4 Å². The van der Waals surface area contributed by atoms with Crippen LogP contribution in [0.4, 0.5) is 0 Å². The fraction of sp³-hybridized carbons (Fsp3) is 0.286. The van der Waals surface area contributed by atoms with Gasteiger partial charge in [0.2, 0.25) is 5.91 Å². The molecule has 1 aliphatic rings. The van der Waals surface area contributed by atoms with Crippen LogP contribution in [0.25, 0.3) is 17.1 Å². The average Bonchev–Trinajstić information content (AvgIpc) is 3.28. The minimum atomic E-state index is -0.544. The number of aromatic nitrogens is 3. The van der Waals surface area contributed by atoms with E-state index in [0.29, 0.717) is 35.1 Å². The molecule has 29 heavy (non-hydrogen) atoms. The first kappa shape index (κ1) is 19.3. The summed E-state index contributed by atoms with van der Waals surface area (Å²) in [5.41, 5.74) is 2.63. The fourth-order valence-corrected chi connectivity index (χ4v) is 3.61. The van der Waals surface area contributed by atoms with Crippen molar-refractivity contribution in [2.45, 2.75) is 25.3 Å². The monoisotopic (exact) mass is 411 g/mol. The first-order valence-electron chi connectivity index (χ1n) is 9.59. The number of amides is 2. The molecule has 0 spiro atoms. The van der Waals surface area contributed by atoms with Gasteiger partial charge in [-0.2, -0.15) is 5.10 Å². The zero-order valence-corrected chi connectivity index (χ0v) is 16.8. The van der Waals surface area contributed by atoms with E-state index in [1.54, 1.807) is 35.0 Å². The van der Waals surface area contributed by atoms with Gasteiger partial charge in [-0.05, 0) is 61.7 Å². The summed E-state index contributed by atoms with van der Waals surface area (Å²) in [6.07, 6.45) is 4.34. The molecule has 3 heterocycles. The maximum atomic E-state index is 13.1. The van der Waals surface area contributed by atoms with Gasteiger partial charge < -0.3 is 15.2 Å². The molecular weight excluding hydrogens is 390 g/mol. The van der Waals surface area contributed by atoms with Gasteiger partial charge >= 0.3 is 0 Å². The van der Waals surface area contributed by atoms with E-state index in [9.17, 15) is 9.59 Å².